The predicted octanol–water partition coefficient (Wildman–Crippen LogP) is 22.0. The van der Waals surface area contributed by atoms with Gasteiger partial charge in [-0.1, -0.05) is 331 Å². The van der Waals surface area contributed by atoms with Crippen LogP contribution in [0.15, 0.2) is 0 Å². The molecule has 17 nitrogen and oxygen atoms in total. The topological polar surface area (TPSA) is 237 Å². The van der Waals surface area contributed by atoms with Gasteiger partial charge in [-0.25, -0.2) is 9.13 Å². The van der Waals surface area contributed by atoms with Gasteiger partial charge in [-0.3, -0.25) is 37.3 Å². The van der Waals surface area contributed by atoms with Gasteiger partial charge in [-0.15, -0.1) is 0 Å². The van der Waals surface area contributed by atoms with Crippen molar-refractivity contribution >= 4 is 39.5 Å². The van der Waals surface area contributed by atoms with Crippen LogP contribution in [0.4, 0.5) is 0 Å². The van der Waals surface area contributed by atoms with Crippen molar-refractivity contribution in [1.82, 2.24) is 0 Å². The summed E-state index contributed by atoms with van der Waals surface area (Å²) in [6.45, 7) is 14.2. The highest BCUT2D eigenvalue weighted by molar-refractivity contribution is 7.47. The van der Waals surface area contributed by atoms with E-state index in [0.717, 1.165) is 114 Å². The third kappa shape index (κ3) is 69.0. The third-order valence-electron chi connectivity index (χ3n) is 17.9. The first-order valence-electron chi connectivity index (χ1n) is 39.2. The summed E-state index contributed by atoms with van der Waals surface area (Å²) in [7, 11) is -9.91. The molecule has 19 heteroatoms. The Morgan fingerprint density at radius 2 is 0.505 bits per heavy atom. The van der Waals surface area contributed by atoms with Crippen molar-refractivity contribution in [3.05, 3.63) is 0 Å². The van der Waals surface area contributed by atoms with Crippen LogP contribution in [-0.2, 0) is 65.4 Å². The smallest absolute Gasteiger partial charge is 0.462 e. The molecule has 6 atom stereocenters. The molecule has 564 valence electrons. The Morgan fingerprint density at radius 1 is 0.295 bits per heavy atom. The van der Waals surface area contributed by atoms with Crippen LogP contribution in [0.2, 0.25) is 0 Å². The molecular formula is C76H148O17P2. The second-order valence-electron chi connectivity index (χ2n) is 29.1. The normalized spacial score (nSPS) is 14.4. The van der Waals surface area contributed by atoms with Gasteiger partial charge in [-0.2, -0.15) is 0 Å². The van der Waals surface area contributed by atoms with Gasteiger partial charge in [0.2, 0.25) is 0 Å². The summed E-state index contributed by atoms with van der Waals surface area (Å²) in [5.41, 5.74) is 0. The minimum absolute atomic E-state index is 0.104. The van der Waals surface area contributed by atoms with E-state index in [1.54, 1.807) is 0 Å². The minimum Gasteiger partial charge on any atom is -0.462 e. The van der Waals surface area contributed by atoms with Gasteiger partial charge >= 0.3 is 39.5 Å². The molecule has 0 aromatic rings. The molecule has 0 heterocycles. The van der Waals surface area contributed by atoms with E-state index in [1.807, 2.05) is 0 Å². The Hall–Kier alpha value is -1.94. The zero-order valence-electron chi connectivity index (χ0n) is 62.3. The molecule has 0 aromatic carbocycles. The number of ether oxygens (including phenoxy) is 4. The molecule has 4 unspecified atom stereocenters. The number of hydrogen-bond donors (Lipinski definition) is 3. The second-order valence-corrected chi connectivity index (χ2v) is 32.0. The molecule has 0 radical (unpaired) electrons. The Morgan fingerprint density at radius 3 is 0.747 bits per heavy atom. The summed E-state index contributed by atoms with van der Waals surface area (Å²) >= 11 is 0. The molecule has 0 aromatic heterocycles. The summed E-state index contributed by atoms with van der Waals surface area (Å²) in [6, 6.07) is 0. The summed E-state index contributed by atoms with van der Waals surface area (Å²) in [5, 5.41) is 10.6. The van der Waals surface area contributed by atoms with Crippen LogP contribution >= 0.6 is 15.6 Å². The van der Waals surface area contributed by atoms with E-state index in [2.05, 4.69) is 55.4 Å². The van der Waals surface area contributed by atoms with Crippen molar-refractivity contribution < 1.29 is 80.2 Å². The molecule has 0 saturated heterocycles. The summed E-state index contributed by atoms with van der Waals surface area (Å²) in [4.78, 5) is 72.8. The minimum atomic E-state index is -4.96. The zero-order chi connectivity index (χ0) is 70.3. The average molecular weight is 1400 g/mol. The Kier molecular flexibility index (Phi) is 64.0. The molecule has 0 bridgehead atoms. The van der Waals surface area contributed by atoms with Gasteiger partial charge in [-0.05, 0) is 49.4 Å². The van der Waals surface area contributed by atoms with Crippen molar-refractivity contribution in [3.63, 3.8) is 0 Å². The highest BCUT2D eigenvalue weighted by Gasteiger charge is 2.30. The molecule has 0 aliphatic heterocycles. The lowest BCUT2D eigenvalue weighted by Crippen LogP contribution is -2.30. The first-order valence-corrected chi connectivity index (χ1v) is 42.2. The number of carbonyl (C=O) groups excluding carboxylic acids is 4. The van der Waals surface area contributed by atoms with Crippen LogP contribution < -0.4 is 0 Å². The monoisotopic (exact) mass is 1400 g/mol. The van der Waals surface area contributed by atoms with E-state index in [4.69, 9.17) is 37.0 Å². The van der Waals surface area contributed by atoms with E-state index >= 15 is 0 Å². The first-order chi connectivity index (χ1) is 45.6. The number of rotatable bonds is 73. The van der Waals surface area contributed by atoms with E-state index in [9.17, 15) is 43.2 Å². The third-order valence-corrected chi connectivity index (χ3v) is 19.8. The van der Waals surface area contributed by atoms with Crippen LogP contribution in [0.25, 0.3) is 0 Å². The average Bonchev–Trinajstić information content (AvgIpc) is 2.90. The van der Waals surface area contributed by atoms with E-state index < -0.39 is 97.5 Å². The molecule has 3 N–H and O–H groups in total. The van der Waals surface area contributed by atoms with Crippen molar-refractivity contribution in [2.45, 2.75) is 401 Å². The molecule has 0 saturated carbocycles. The number of aliphatic hydroxyl groups excluding tert-OH is 1. The molecule has 0 rings (SSSR count). The Bertz CT molecular complexity index is 1870. The second kappa shape index (κ2) is 65.4. The highest BCUT2D eigenvalue weighted by Crippen LogP contribution is 2.45. The van der Waals surface area contributed by atoms with E-state index in [1.165, 1.54) is 180 Å². The molecular weight excluding hydrogens is 1250 g/mol. The summed E-state index contributed by atoms with van der Waals surface area (Å²) < 4.78 is 68.5. The summed E-state index contributed by atoms with van der Waals surface area (Å²) in [6.07, 6.45) is 50.0. The largest absolute Gasteiger partial charge is 0.472 e. The van der Waals surface area contributed by atoms with Crippen molar-refractivity contribution in [1.29, 1.82) is 0 Å². The number of hydrogen-bond acceptors (Lipinski definition) is 15. The van der Waals surface area contributed by atoms with Gasteiger partial charge in [0, 0.05) is 25.7 Å². The van der Waals surface area contributed by atoms with Crippen molar-refractivity contribution in [2.24, 2.45) is 23.7 Å². The molecule has 95 heavy (non-hydrogen) atoms. The van der Waals surface area contributed by atoms with E-state index in [0.29, 0.717) is 31.6 Å². The zero-order valence-corrected chi connectivity index (χ0v) is 64.1. The predicted molar refractivity (Wildman–Crippen MR) is 386 cm³/mol. The maximum atomic E-state index is 13.1. The quantitative estimate of drug-likeness (QED) is 0.0222. The molecule has 0 spiro atoms. The molecule has 0 fully saturated rings. The van der Waals surface area contributed by atoms with E-state index in [-0.39, 0.29) is 25.7 Å². The number of carbonyl (C=O) groups is 4. The van der Waals surface area contributed by atoms with Gasteiger partial charge in [0.15, 0.2) is 12.2 Å². The van der Waals surface area contributed by atoms with Crippen LogP contribution in [0.1, 0.15) is 383 Å². The van der Waals surface area contributed by atoms with Crippen LogP contribution in [0, 0.1) is 23.7 Å². The molecule has 0 aliphatic rings. The fourth-order valence-electron chi connectivity index (χ4n) is 11.5. The van der Waals surface area contributed by atoms with Crippen molar-refractivity contribution in [3.8, 4) is 0 Å². The van der Waals surface area contributed by atoms with Gasteiger partial charge in [0.25, 0.3) is 0 Å². The fourth-order valence-corrected chi connectivity index (χ4v) is 13.1. The number of unbranched alkanes of at least 4 members (excludes halogenated alkanes) is 38. The highest BCUT2D eigenvalue weighted by atomic mass is 31.2. The number of aliphatic hydroxyl groups is 1. The first kappa shape index (κ1) is 93.1. The van der Waals surface area contributed by atoms with Crippen LogP contribution in [0.5, 0.6) is 0 Å². The standard InChI is InChI=1S/C76H148O17P2/c1-9-69(8)55-47-39-31-23-17-12-10-11-13-19-25-33-42-50-58-75(80)92-71(62-86-73(78)56-48-40-32-24-18-15-14-16-21-28-36-44-52-66(2)3)64-90-94(82,83)88-60-70(77)61-89-95(84,85)91-65-72(63-87-74(79)57-49-41-35-27-30-38-46-54-68(6)7)93-76(81)59-51-43-34-26-20-22-29-37-45-53-67(4)5/h66-72,77H,9-65H2,1-8H3,(H,82,83)(H,84,85)/t69?,70?,71-,72-/m1/s1. The lowest BCUT2D eigenvalue weighted by atomic mass is 9.99. The number of phosphoric acid groups is 2. The fraction of sp³-hybridized carbons (Fsp3) is 0.947. The Balaban J connectivity index is 5.25. The number of phosphoric ester groups is 2. The van der Waals surface area contributed by atoms with Crippen LogP contribution in [0.3, 0.4) is 0 Å². The van der Waals surface area contributed by atoms with Gasteiger partial charge < -0.3 is 33.8 Å². The maximum absolute atomic E-state index is 13.1. The molecule has 0 amide bonds. The maximum Gasteiger partial charge on any atom is 0.472 e. The lowest BCUT2D eigenvalue weighted by molar-refractivity contribution is -0.161. The summed E-state index contributed by atoms with van der Waals surface area (Å²) in [5.74, 6) is 0.947. The molecule has 0 aliphatic carbocycles. The van der Waals surface area contributed by atoms with Crippen molar-refractivity contribution in [2.75, 3.05) is 39.6 Å². The van der Waals surface area contributed by atoms with Crippen LogP contribution in [-0.4, -0.2) is 96.7 Å². The number of esters is 4. The Labute approximate surface area is 581 Å². The lowest BCUT2D eigenvalue weighted by Gasteiger charge is -2.21. The van der Waals surface area contributed by atoms with Gasteiger partial charge in [0.05, 0.1) is 26.4 Å². The SMILES string of the molecule is CCC(C)CCCCCCCCCCCCCCCCC(=O)O[C@H](COC(=O)CCCCCCCCCCCCCCC(C)C)COP(=O)(O)OCC(O)COP(=O)(O)OC[C@@H](COC(=O)CCCCCCCCCC(C)C)OC(=O)CCCCCCCCCCCC(C)C. The van der Waals surface area contributed by atoms with Gasteiger partial charge in [0.1, 0.15) is 19.3 Å².